The van der Waals surface area contributed by atoms with E-state index in [0.29, 0.717) is 11.3 Å². The average Bonchev–Trinajstić information content (AvgIpc) is 2.80. The second-order valence-electron chi connectivity index (χ2n) is 6.77. The number of nitrogens with zero attached hydrogens (tertiary/aromatic N) is 2. The van der Waals surface area contributed by atoms with Crippen molar-refractivity contribution in [3.05, 3.63) is 59.2 Å². The lowest BCUT2D eigenvalue weighted by molar-refractivity contribution is -0.131. The predicted molar refractivity (Wildman–Crippen MR) is 114 cm³/mol. The molecule has 1 unspecified atom stereocenters. The van der Waals surface area contributed by atoms with Gasteiger partial charge in [0.2, 0.25) is 0 Å². The summed E-state index contributed by atoms with van der Waals surface area (Å²) in [5.41, 5.74) is 5.71. The third-order valence-corrected chi connectivity index (χ3v) is 4.91. The Kier molecular flexibility index (Phi) is 7.78. The van der Waals surface area contributed by atoms with Crippen molar-refractivity contribution in [3.63, 3.8) is 0 Å². The van der Waals surface area contributed by atoms with E-state index in [9.17, 15) is 9.90 Å². The number of anilines is 1. The Morgan fingerprint density at radius 2 is 1.97 bits per heavy atom. The van der Waals surface area contributed by atoms with Crippen LogP contribution in [0.4, 0.5) is 5.69 Å². The first-order valence-corrected chi connectivity index (χ1v) is 9.72. The molecule has 2 N–H and O–H groups in total. The number of hydrogen-bond acceptors (Lipinski definition) is 7. The van der Waals surface area contributed by atoms with E-state index in [-0.39, 0.29) is 12.5 Å². The minimum Gasteiger partial charge on any atom is -0.496 e. The van der Waals surface area contributed by atoms with Gasteiger partial charge >= 0.3 is 0 Å². The number of morpholine rings is 1. The fraction of sp³-hybridized carbons (Fsp3) is 0.364. The Balaban J connectivity index is 1.62. The van der Waals surface area contributed by atoms with Gasteiger partial charge in [0.05, 0.1) is 33.1 Å². The van der Waals surface area contributed by atoms with Crippen LogP contribution in [0.2, 0.25) is 0 Å². The van der Waals surface area contributed by atoms with Crippen LogP contribution in [0.1, 0.15) is 22.8 Å². The molecule has 0 radical (unpaired) electrons. The van der Waals surface area contributed by atoms with Crippen LogP contribution in [-0.4, -0.2) is 57.8 Å². The lowest BCUT2D eigenvalue weighted by atomic mass is 10.1. The molecule has 8 nitrogen and oxygen atoms in total. The lowest BCUT2D eigenvalue weighted by Crippen LogP contribution is -2.36. The summed E-state index contributed by atoms with van der Waals surface area (Å²) in [5.74, 6) is 0.224. The quantitative estimate of drug-likeness (QED) is 0.507. The first kappa shape index (κ1) is 21.8. The molecule has 0 spiro atoms. The second kappa shape index (κ2) is 10.7. The van der Waals surface area contributed by atoms with Crippen molar-refractivity contribution in [2.24, 2.45) is 5.10 Å². The standard InChI is InChI=1S/C22H27N3O5/c1-28-20-8-3-16(13-18(20)15-26)14-23-24-22(27)21(29-2)17-4-6-19(7-5-17)25-9-11-30-12-10-25/h3-8,13-14,21,26H,9-12,15H2,1-2H3,(H,24,27)/b23-14+. The maximum absolute atomic E-state index is 12.5. The molecular weight excluding hydrogens is 386 g/mol. The zero-order valence-electron chi connectivity index (χ0n) is 17.2. The van der Waals surface area contributed by atoms with Gasteiger partial charge in [0.15, 0.2) is 6.10 Å². The van der Waals surface area contributed by atoms with Crippen LogP contribution in [0.5, 0.6) is 5.75 Å². The highest BCUT2D eigenvalue weighted by Crippen LogP contribution is 2.22. The zero-order valence-corrected chi connectivity index (χ0v) is 17.2. The third kappa shape index (κ3) is 5.35. The monoisotopic (exact) mass is 413 g/mol. The number of hydrazone groups is 1. The van der Waals surface area contributed by atoms with Crippen molar-refractivity contribution < 1.29 is 24.1 Å². The molecule has 1 saturated heterocycles. The molecule has 2 aromatic rings. The SMILES string of the molecule is COc1ccc(/C=N/NC(=O)C(OC)c2ccc(N3CCOCC3)cc2)cc1CO. The van der Waals surface area contributed by atoms with E-state index in [4.69, 9.17) is 14.2 Å². The van der Waals surface area contributed by atoms with Gasteiger partial charge in [-0.3, -0.25) is 4.79 Å². The van der Waals surface area contributed by atoms with Gasteiger partial charge in [-0.05, 0) is 41.5 Å². The Labute approximate surface area is 176 Å². The van der Waals surface area contributed by atoms with Crippen LogP contribution in [0.15, 0.2) is 47.6 Å². The summed E-state index contributed by atoms with van der Waals surface area (Å²) in [6.07, 6.45) is 0.731. The molecule has 160 valence electrons. The zero-order chi connectivity index (χ0) is 21.3. The topological polar surface area (TPSA) is 92.6 Å². The van der Waals surface area contributed by atoms with Crippen molar-refractivity contribution in [1.29, 1.82) is 0 Å². The second-order valence-corrected chi connectivity index (χ2v) is 6.77. The van der Waals surface area contributed by atoms with Gasteiger partial charge in [-0.2, -0.15) is 5.10 Å². The molecule has 0 saturated carbocycles. The van der Waals surface area contributed by atoms with Crippen LogP contribution in [0.3, 0.4) is 0 Å². The Hall–Kier alpha value is -2.94. The third-order valence-electron chi connectivity index (χ3n) is 4.91. The smallest absolute Gasteiger partial charge is 0.273 e. The maximum Gasteiger partial charge on any atom is 0.273 e. The highest BCUT2D eigenvalue weighted by Gasteiger charge is 2.20. The number of amides is 1. The number of methoxy groups -OCH3 is 2. The van der Waals surface area contributed by atoms with E-state index in [1.54, 1.807) is 25.3 Å². The predicted octanol–water partition coefficient (Wildman–Crippen LogP) is 1.86. The molecule has 1 heterocycles. The van der Waals surface area contributed by atoms with E-state index < -0.39 is 6.10 Å². The Morgan fingerprint density at radius 3 is 2.60 bits per heavy atom. The summed E-state index contributed by atoms with van der Waals surface area (Å²) in [7, 11) is 3.03. The first-order chi connectivity index (χ1) is 14.7. The molecule has 1 amide bonds. The van der Waals surface area contributed by atoms with Gasteiger partial charge in [0.1, 0.15) is 5.75 Å². The van der Waals surface area contributed by atoms with Gasteiger partial charge in [-0.25, -0.2) is 5.43 Å². The summed E-state index contributed by atoms with van der Waals surface area (Å²) >= 11 is 0. The summed E-state index contributed by atoms with van der Waals surface area (Å²) in [5, 5.41) is 13.4. The fourth-order valence-corrected chi connectivity index (χ4v) is 3.31. The van der Waals surface area contributed by atoms with Gasteiger partial charge in [0.25, 0.3) is 5.91 Å². The molecule has 3 rings (SSSR count). The summed E-state index contributed by atoms with van der Waals surface area (Å²) in [6, 6.07) is 13.0. The minimum atomic E-state index is -0.773. The van der Waals surface area contributed by atoms with Gasteiger partial charge in [-0.15, -0.1) is 0 Å². The van der Waals surface area contributed by atoms with E-state index >= 15 is 0 Å². The van der Waals surface area contributed by atoms with Crippen molar-refractivity contribution >= 4 is 17.8 Å². The van der Waals surface area contributed by atoms with Crippen molar-refractivity contribution in [3.8, 4) is 5.75 Å². The van der Waals surface area contributed by atoms with Crippen molar-refractivity contribution in [2.45, 2.75) is 12.7 Å². The van der Waals surface area contributed by atoms with Crippen LogP contribution >= 0.6 is 0 Å². The number of nitrogens with one attached hydrogen (secondary N) is 1. The molecule has 8 heteroatoms. The Bertz CT molecular complexity index is 864. The summed E-state index contributed by atoms with van der Waals surface area (Å²) < 4.78 is 15.9. The first-order valence-electron chi connectivity index (χ1n) is 9.72. The minimum absolute atomic E-state index is 0.149. The van der Waals surface area contributed by atoms with Crippen molar-refractivity contribution in [2.75, 3.05) is 45.4 Å². The van der Waals surface area contributed by atoms with Crippen LogP contribution in [0.25, 0.3) is 0 Å². The van der Waals surface area contributed by atoms with Crippen LogP contribution in [0, 0.1) is 0 Å². The van der Waals surface area contributed by atoms with E-state index in [2.05, 4.69) is 15.4 Å². The van der Waals surface area contributed by atoms with E-state index in [1.807, 2.05) is 24.3 Å². The molecule has 1 atom stereocenters. The number of carbonyl (C=O) groups excluding carboxylic acids is 1. The maximum atomic E-state index is 12.5. The largest absolute Gasteiger partial charge is 0.496 e. The number of rotatable bonds is 8. The summed E-state index contributed by atoms with van der Waals surface area (Å²) in [4.78, 5) is 14.8. The van der Waals surface area contributed by atoms with Crippen molar-refractivity contribution in [1.82, 2.24) is 5.43 Å². The molecule has 2 aromatic carbocycles. The fourth-order valence-electron chi connectivity index (χ4n) is 3.31. The highest BCUT2D eigenvalue weighted by atomic mass is 16.5. The summed E-state index contributed by atoms with van der Waals surface area (Å²) in [6.45, 7) is 2.99. The number of carbonyl (C=O) groups is 1. The molecule has 0 aromatic heterocycles. The number of hydrogen-bond donors (Lipinski definition) is 2. The molecule has 1 aliphatic rings. The molecule has 0 aliphatic carbocycles. The van der Waals surface area contributed by atoms with Crippen LogP contribution < -0.4 is 15.1 Å². The Morgan fingerprint density at radius 1 is 1.23 bits per heavy atom. The molecule has 1 aliphatic heterocycles. The van der Waals surface area contributed by atoms with Crippen LogP contribution in [-0.2, 0) is 20.9 Å². The highest BCUT2D eigenvalue weighted by molar-refractivity contribution is 5.85. The average molecular weight is 413 g/mol. The van der Waals surface area contributed by atoms with E-state index in [0.717, 1.165) is 43.1 Å². The van der Waals surface area contributed by atoms with E-state index in [1.165, 1.54) is 13.3 Å². The molecule has 30 heavy (non-hydrogen) atoms. The number of benzene rings is 2. The number of ether oxygens (including phenoxy) is 3. The molecule has 1 fully saturated rings. The van der Waals surface area contributed by atoms with Gasteiger partial charge < -0.3 is 24.2 Å². The normalized spacial score (nSPS) is 15.2. The molecular formula is C22H27N3O5. The number of aliphatic hydroxyl groups excluding tert-OH is 1. The number of aliphatic hydroxyl groups is 1. The molecule has 0 bridgehead atoms. The lowest BCUT2D eigenvalue weighted by Gasteiger charge is -2.29. The van der Waals surface area contributed by atoms with Gasteiger partial charge in [-0.1, -0.05) is 12.1 Å². The van der Waals surface area contributed by atoms with Gasteiger partial charge in [0, 0.05) is 31.5 Å².